The van der Waals surface area contributed by atoms with Gasteiger partial charge >= 0.3 is 5.97 Å². The fourth-order valence-corrected chi connectivity index (χ4v) is 3.96. The normalized spacial score (nSPS) is 12.2. The van der Waals surface area contributed by atoms with Crippen LogP contribution in [0, 0.1) is 0 Å². The standard InChI is InChI=1S/C20H23N3O4S/c21-9-8-14-13-22-18-7-6-15(12-17(14)18)27-11-3-10-23-28(26)19-5-2-1-4-16(19)20(24)25/h1-2,4-7,12-13,22-23H,3,8-11,21H2,(H,24,25). The zero-order valence-electron chi connectivity index (χ0n) is 15.3. The monoisotopic (exact) mass is 401 g/mol. The average molecular weight is 401 g/mol. The third kappa shape index (κ3) is 4.85. The first kappa shape index (κ1) is 20.2. The van der Waals surface area contributed by atoms with E-state index in [2.05, 4.69) is 9.71 Å². The highest BCUT2D eigenvalue weighted by Gasteiger charge is 2.20. The molecule has 0 fully saturated rings. The third-order valence-electron chi connectivity index (χ3n) is 4.29. The minimum absolute atomic E-state index is 0.0395. The number of H-pyrrole nitrogens is 1. The topological polar surface area (TPSA) is 123 Å². The molecule has 0 aliphatic carbocycles. The molecule has 0 aliphatic rings. The molecule has 3 aromatic rings. The number of carboxylic acid groups (broad SMARTS) is 1. The van der Waals surface area contributed by atoms with Crippen molar-refractivity contribution in [3.63, 3.8) is 0 Å². The summed E-state index contributed by atoms with van der Waals surface area (Å²) < 4.78 is 20.9. The van der Waals surface area contributed by atoms with Crippen molar-refractivity contribution in [2.75, 3.05) is 19.7 Å². The van der Waals surface area contributed by atoms with Gasteiger partial charge in [0.05, 0.1) is 18.0 Å². The molecule has 0 amide bonds. The fourth-order valence-electron chi connectivity index (χ4n) is 2.92. The highest BCUT2D eigenvalue weighted by molar-refractivity contribution is 7.89. The highest BCUT2D eigenvalue weighted by Crippen LogP contribution is 2.24. The Hall–Kier alpha value is -2.52. The van der Waals surface area contributed by atoms with Gasteiger partial charge in [0, 0.05) is 23.6 Å². The highest BCUT2D eigenvalue weighted by atomic mass is 32.2. The molecule has 1 atom stereocenters. The molecule has 0 bridgehead atoms. The van der Waals surface area contributed by atoms with Crippen molar-refractivity contribution in [1.29, 1.82) is 0 Å². The number of ether oxygens (including phenoxy) is 1. The minimum Gasteiger partial charge on any atom is -0.593 e. The Morgan fingerprint density at radius 3 is 2.89 bits per heavy atom. The van der Waals surface area contributed by atoms with Crippen LogP contribution < -0.4 is 15.2 Å². The van der Waals surface area contributed by atoms with Gasteiger partial charge in [0.1, 0.15) is 11.3 Å². The van der Waals surface area contributed by atoms with Crippen molar-refractivity contribution in [2.45, 2.75) is 17.7 Å². The summed E-state index contributed by atoms with van der Waals surface area (Å²) in [6.45, 7) is 1.48. The summed E-state index contributed by atoms with van der Waals surface area (Å²) in [4.78, 5) is 14.7. The van der Waals surface area contributed by atoms with Crippen LogP contribution in [0.1, 0.15) is 22.3 Å². The molecule has 0 saturated carbocycles. The van der Waals surface area contributed by atoms with Crippen molar-refractivity contribution in [2.24, 2.45) is 5.73 Å². The first-order chi connectivity index (χ1) is 13.6. The Labute approximate surface area is 166 Å². The average Bonchev–Trinajstić information content (AvgIpc) is 3.10. The SMILES string of the molecule is NCCc1c[nH]c2ccc(OCCCN[S+]([O-])c3ccccc3C(=O)O)cc12. The fraction of sp³-hybridized carbons (Fsp3) is 0.250. The molecule has 0 saturated heterocycles. The van der Waals surface area contributed by atoms with Crippen LogP contribution >= 0.6 is 0 Å². The number of carboxylic acids is 1. The molecule has 0 aliphatic heterocycles. The number of benzene rings is 2. The summed E-state index contributed by atoms with van der Waals surface area (Å²) in [6, 6.07) is 12.1. The maximum Gasteiger partial charge on any atom is 0.340 e. The smallest absolute Gasteiger partial charge is 0.340 e. The number of hydrogen-bond donors (Lipinski definition) is 4. The van der Waals surface area contributed by atoms with Gasteiger partial charge in [-0.25, -0.2) is 4.79 Å². The predicted molar refractivity (Wildman–Crippen MR) is 109 cm³/mol. The van der Waals surface area contributed by atoms with Crippen LogP contribution in [0.2, 0.25) is 0 Å². The van der Waals surface area contributed by atoms with Crippen molar-refractivity contribution in [3.05, 3.63) is 59.8 Å². The van der Waals surface area contributed by atoms with Crippen LogP contribution in [0.15, 0.2) is 53.6 Å². The van der Waals surface area contributed by atoms with E-state index in [0.29, 0.717) is 26.1 Å². The molecule has 1 heterocycles. The molecule has 5 N–H and O–H groups in total. The number of aromatic carboxylic acids is 1. The van der Waals surface area contributed by atoms with Crippen LogP contribution in [0.5, 0.6) is 5.75 Å². The van der Waals surface area contributed by atoms with E-state index < -0.39 is 17.3 Å². The maximum atomic E-state index is 12.3. The number of nitrogens with one attached hydrogen (secondary N) is 2. The van der Waals surface area contributed by atoms with Gasteiger partial charge in [-0.3, -0.25) is 0 Å². The van der Waals surface area contributed by atoms with Gasteiger partial charge in [-0.15, -0.1) is 4.72 Å². The number of fused-ring (bicyclic) bond motifs is 1. The third-order valence-corrected chi connectivity index (χ3v) is 5.51. The van der Waals surface area contributed by atoms with Crippen LogP contribution in [0.25, 0.3) is 10.9 Å². The van der Waals surface area contributed by atoms with E-state index in [1.807, 2.05) is 24.4 Å². The van der Waals surface area contributed by atoms with Crippen LogP contribution in [0.3, 0.4) is 0 Å². The largest absolute Gasteiger partial charge is 0.593 e. The van der Waals surface area contributed by atoms with Crippen LogP contribution in [-0.4, -0.2) is 40.3 Å². The second-order valence-corrected chi connectivity index (χ2v) is 7.49. The molecule has 148 valence electrons. The van der Waals surface area contributed by atoms with Crippen LogP contribution in [-0.2, 0) is 17.8 Å². The lowest BCUT2D eigenvalue weighted by Crippen LogP contribution is -2.27. The second kappa shape index (κ2) is 9.61. The molecule has 28 heavy (non-hydrogen) atoms. The summed E-state index contributed by atoms with van der Waals surface area (Å²) >= 11 is -1.58. The first-order valence-electron chi connectivity index (χ1n) is 9.00. The molecule has 0 radical (unpaired) electrons. The molecule has 1 unspecified atom stereocenters. The molecule has 8 heteroatoms. The minimum atomic E-state index is -1.58. The van der Waals surface area contributed by atoms with E-state index in [9.17, 15) is 14.5 Å². The summed E-state index contributed by atoms with van der Waals surface area (Å²) in [7, 11) is 0. The molecule has 7 nitrogen and oxygen atoms in total. The van der Waals surface area contributed by atoms with Crippen molar-refractivity contribution >= 4 is 28.2 Å². The van der Waals surface area contributed by atoms with E-state index in [4.69, 9.17) is 10.5 Å². The van der Waals surface area contributed by atoms with E-state index in [1.165, 1.54) is 6.07 Å². The van der Waals surface area contributed by atoms with Crippen molar-refractivity contribution < 1.29 is 19.2 Å². The molecular weight excluding hydrogens is 378 g/mol. The van der Waals surface area contributed by atoms with E-state index in [0.717, 1.165) is 28.6 Å². The molecule has 0 spiro atoms. The Morgan fingerprint density at radius 2 is 2.11 bits per heavy atom. The lowest BCUT2D eigenvalue weighted by Gasteiger charge is -2.12. The predicted octanol–water partition coefficient (Wildman–Crippen LogP) is 2.45. The first-order valence-corrected chi connectivity index (χ1v) is 10.2. The number of aromatic amines is 1. The van der Waals surface area contributed by atoms with Gasteiger partial charge in [0.2, 0.25) is 0 Å². The van der Waals surface area contributed by atoms with Gasteiger partial charge in [-0.1, -0.05) is 12.1 Å². The molecule has 1 aromatic heterocycles. The molecule has 3 rings (SSSR count). The Bertz CT molecular complexity index is 944. The van der Waals surface area contributed by atoms with Crippen LogP contribution in [0.4, 0.5) is 0 Å². The second-order valence-electron chi connectivity index (χ2n) is 6.23. The van der Waals surface area contributed by atoms with Gasteiger partial charge < -0.3 is 25.1 Å². The lowest BCUT2D eigenvalue weighted by atomic mass is 10.1. The zero-order valence-corrected chi connectivity index (χ0v) is 16.1. The quantitative estimate of drug-likeness (QED) is 0.306. The Kier molecular flexibility index (Phi) is 6.94. The number of hydrogen-bond acceptors (Lipinski definition) is 5. The number of aromatic nitrogens is 1. The van der Waals surface area contributed by atoms with Crippen molar-refractivity contribution in [3.8, 4) is 5.75 Å². The molecular formula is C20H23N3O4S. The molecule has 2 aromatic carbocycles. The van der Waals surface area contributed by atoms with E-state index >= 15 is 0 Å². The van der Waals surface area contributed by atoms with Gasteiger partial charge in [-0.2, -0.15) is 0 Å². The van der Waals surface area contributed by atoms with E-state index in [-0.39, 0.29) is 10.5 Å². The zero-order chi connectivity index (χ0) is 19.9. The van der Waals surface area contributed by atoms with E-state index in [1.54, 1.807) is 18.2 Å². The van der Waals surface area contributed by atoms with Gasteiger partial charge in [0.15, 0.2) is 4.90 Å². The number of nitrogens with two attached hydrogens (primary N) is 1. The van der Waals surface area contributed by atoms with Gasteiger partial charge in [-0.05, 0) is 55.3 Å². The Balaban J connectivity index is 1.49. The number of rotatable bonds is 10. The lowest BCUT2D eigenvalue weighted by molar-refractivity contribution is 0.0692. The summed E-state index contributed by atoms with van der Waals surface area (Å²) in [5.41, 5.74) is 7.89. The van der Waals surface area contributed by atoms with Crippen molar-refractivity contribution in [1.82, 2.24) is 9.71 Å². The maximum absolute atomic E-state index is 12.3. The number of carbonyl (C=O) groups is 1. The Morgan fingerprint density at radius 1 is 1.29 bits per heavy atom. The summed E-state index contributed by atoms with van der Waals surface area (Å²) in [5, 5.41) is 10.3. The summed E-state index contributed by atoms with van der Waals surface area (Å²) in [5.74, 6) is -0.328. The summed E-state index contributed by atoms with van der Waals surface area (Å²) in [6.07, 6.45) is 3.40. The van der Waals surface area contributed by atoms with Gasteiger partial charge in [0.25, 0.3) is 0 Å².